The molecule has 0 aromatic carbocycles. The summed E-state index contributed by atoms with van der Waals surface area (Å²) in [6.07, 6.45) is 3.68. The van der Waals surface area contributed by atoms with E-state index in [9.17, 15) is 0 Å². The van der Waals surface area contributed by atoms with Crippen LogP contribution in [0.4, 0.5) is 0 Å². The van der Waals surface area contributed by atoms with Crippen LogP contribution in [0.5, 0.6) is 0 Å². The summed E-state index contributed by atoms with van der Waals surface area (Å²) in [5, 5.41) is 3.50. The Kier molecular flexibility index (Phi) is 5.73. The van der Waals surface area contributed by atoms with Gasteiger partial charge in [0, 0.05) is 19.8 Å². The molecule has 0 heterocycles. The van der Waals surface area contributed by atoms with Crippen LogP contribution in [0.2, 0.25) is 0 Å². The van der Waals surface area contributed by atoms with Crippen molar-refractivity contribution in [3.63, 3.8) is 0 Å². The average molecular weight is 229 g/mol. The molecule has 1 aliphatic rings. The van der Waals surface area contributed by atoms with Crippen LogP contribution in [0.1, 0.15) is 40.0 Å². The Balaban J connectivity index is 2.08. The van der Waals surface area contributed by atoms with E-state index in [2.05, 4.69) is 26.1 Å². The van der Waals surface area contributed by atoms with E-state index in [1.807, 2.05) is 0 Å². The third-order valence-corrected chi connectivity index (χ3v) is 3.36. The van der Waals surface area contributed by atoms with E-state index in [1.54, 1.807) is 7.11 Å². The lowest BCUT2D eigenvalue weighted by atomic mass is 10.1. The van der Waals surface area contributed by atoms with Gasteiger partial charge in [-0.15, -0.1) is 0 Å². The topological polar surface area (TPSA) is 30.5 Å². The molecule has 3 nitrogen and oxygen atoms in total. The summed E-state index contributed by atoms with van der Waals surface area (Å²) in [6, 6.07) is 0.565. The molecular formula is C13H27NO2. The molecule has 1 saturated carbocycles. The summed E-state index contributed by atoms with van der Waals surface area (Å²) in [5.74, 6) is 0.857. The van der Waals surface area contributed by atoms with Crippen LogP contribution in [0, 0.1) is 5.92 Å². The Morgan fingerprint density at radius 3 is 2.56 bits per heavy atom. The number of methoxy groups -OCH3 is 1. The van der Waals surface area contributed by atoms with Crippen LogP contribution in [-0.4, -0.2) is 38.5 Å². The van der Waals surface area contributed by atoms with Crippen molar-refractivity contribution in [1.82, 2.24) is 5.32 Å². The van der Waals surface area contributed by atoms with Gasteiger partial charge in [0.2, 0.25) is 0 Å². The lowest BCUT2D eigenvalue weighted by molar-refractivity contribution is -0.0129. The van der Waals surface area contributed by atoms with Gasteiger partial charge in [-0.2, -0.15) is 0 Å². The minimum absolute atomic E-state index is 0.0622. The Hall–Kier alpha value is -0.120. The fourth-order valence-corrected chi connectivity index (χ4v) is 1.75. The summed E-state index contributed by atoms with van der Waals surface area (Å²) in [7, 11) is 1.76. The molecule has 0 saturated heterocycles. The van der Waals surface area contributed by atoms with Crippen molar-refractivity contribution in [2.75, 3.05) is 26.9 Å². The van der Waals surface area contributed by atoms with Crippen molar-refractivity contribution >= 4 is 0 Å². The van der Waals surface area contributed by atoms with Gasteiger partial charge in [-0.05, 0) is 45.6 Å². The lowest BCUT2D eigenvalue weighted by Gasteiger charge is -2.23. The lowest BCUT2D eigenvalue weighted by Crippen LogP contribution is -2.36. The largest absolute Gasteiger partial charge is 0.380 e. The number of rotatable bonds is 9. The zero-order valence-electron chi connectivity index (χ0n) is 11.2. The molecule has 1 rings (SSSR count). The van der Waals surface area contributed by atoms with Gasteiger partial charge in [-0.3, -0.25) is 0 Å². The van der Waals surface area contributed by atoms with E-state index in [4.69, 9.17) is 9.47 Å². The SMILES string of the molecule is CCNC(COCCC(C)(C)OC)C1CC1. The van der Waals surface area contributed by atoms with Gasteiger partial charge in [0.15, 0.2) is 0 Å². The van der Waals surface area contributed by atoms with Crippen LogP contribution in [-0.2, 0) is 9.47 Å². The van der Waals surface area contributed by atoms with E-state index >= 15 is 0 Å². The highest BCUT2D eigenvalue weighted by atomic mass is 16.5. The number of nitrogens with one attached hydrogen (secondary N) is 1. The molecule has 1 atom stereocenters. The number of ether oxygens (including phenoxy) is 2. The second kappa shape index (κ2) is 6.58. The van der Waals surface area contributed by atoms with Crippen molar-refractivity contribution in [3.8, 4) is 0 Å². The highest BCUT2D eigenvalue weighted by Crippen LogP contribution is 2.32. The molecule has 3 heteroatoms. The van der Waals surface area contributed by atoms with Crippen molar-refractivity contribution in [2.24, 2.45) is 5.92 Å². The van der Waals surface area contributed by atoms with Crippen LogP contribution >= 0.6 is 0 Å². The predicted molar refractivity (Wildman–Crippen MR) is 66.7 cm³/mol. The molecule has 1 aliphatic carbocycles. The molecular weight excluding hydrogens is 202 g/mol. The van der Waals surface area contributed by atoms with Crippen LogP contribution in [0.25, 0.3) is 0 Å². The maximum absolute atomic E-state index is 5.74. The molecule has 1 N–H and O–H groups in total. The summed E-state index contributed by atoms with van der Waals surface area (Å²) < 4.78 is 11.1. The van der Waals surface area contributed by atoms with Crippen molar-refractivity contribution < 1.29 is 9.47 Å². The van der Waals surface area contributed by atoms with E-state index in [-0.39, 0.29) is 5.60 Å². The molecule has 16 heavy (non-hydrogen) atoms. The quantitative estimate of drug-likeness (QED) is 0.615. The third-order valence-electron chi connectivity index (χ3n) is 3.36. The maximum Gasteiger partial charge on any atom is 0.0644 e. The van der Waals surface area contributed by atoms with Gasteiger partial charge >= 0.3 is 0 Å². The molecule has 0 aromatic rings. The first-order valence-corrected chi connectivity index (χ1v) is 6.45. The zero-order chi connectivity index (χ0) is 12.0. The van der Waals surface area contributed by atoms with Gasteiger partial charge in [0.05, 0.1) is 12.2 Å². The predicted octanol–water partition coefficient (Wildman–Crippen LogP) is 2.21. The molecule has 0 spiro atoms. The Morgan fingerprint density at radius 2 is 2.06 bits per heavy atom. The van der Waals surface area contributed by atoms with Crippen LogP contribution < -0.4 is 5.32 Å². The van der Waals surface area contributed by atoms with Crippen molar-refractivity contribution in [2.45, 2.75) is 51.7 Å². The standard InChI is InChI=1S/C13H27NO2/c1-5-14-12(11-6-7-11)10-16-9-8-13(2,3)15-4/h11-12,14H,5-10H2,1-4H3. The first kappa shape index (κ1) is 13.9. The van der Waals surface area contributed by atoms with E-state index in [0.717, 1.165) is 32.1 Å². The average Bonchev–Trinajstić information content (AvgIpc) is 3.06. The Labute approximate surface area is 99.9 Å². The molecule has 0 bridgehead atoms. The van der Waals surface area contributed by atoms with Gasteiger partial charge in [0.1, 0.15) is 0 Å². The minimum atomic E-state index is -0.0622. The fraction of sp³-hybridized carbons (Fsp3) is 1.00. The second-order valence-corrected chi connectivity index (χ2v) is 5.29. The van der Waals surface area contributed by atoms with Gasteiger partial charge in [-0.1, -0.05) is 6.92 Å². The Bertz CT molecular complexity index is 190. The van der Waals surface area contributed by atoms with E-state index in [1.165, 1.54) is 12.8 Å². The Morgan fingerprint density at radius 1 is 1.38 bits per heavy atom. The highest BCUT2D eigenvalue weighted by molar-refractivity contribution is 4.86. The molecule has 1 fully saturated rings. The monoisotopic (exact) mass is 229 g/mol. The summed E-state index contributed by atoms with van der Waals surface area (Å²) in [6.45, 7) is 9.02. The second-order valence-electron chi connectivity index (χ2n) is 5.29. The maximum atomic E-state index is 5.74. The first-order valence-electron chi connectivity index (χ1n) is 6.45. The highest BCUT2D eigenvalue weighted by Gasteiger charge is 2.30. The minimum Gasteiger partial charge on any atom is -0.380 e. The molecule has 0 radical (unpaired) electrons. The van der Waals surface area contributed by atoms with Gasteiger partial charge in [0.25, 0.3) is 0 Å². The number of hydrogen-bond acceptors (Lipinski definition) is 3. The summed E-state index contributed by atoms with van der Waals surface area (Å²) in [5.41, 5.74) is -0.0622. The third kappa shape index (κ3) is 5.28. The van der Waals surface area contributed by atoms with Gasteiger partial charge < -0.3 is 14.8 Å². The van der Waals surface area contributed by atoms with E-state index in [0.29, 0.717) is 6.04 Å². The summed E-state index contributed by atoms with van der Waals surface area (Å²) in [4.78, 5) is 0. The molecule has 0 aliphatic heterocycles. The van der Waals surface area contributed by atoms with Gasteiger partial charge in [-0.25, -0.2) is 0 Å². The summed E-state index contributed by atoms with van der Waals surface area (Å²) >= 11 is 0. The van der Waals surface area contributed by atoms with Crippen LogP contribution in [0.3, 0.4) is 0 Å². The van der Waals surface area contributed by atoms with Crippen LogP contribution in [0.15, 0.2) is 0 Å². The molecule has 1 unspecified atom stereocenters. The normalized spacial score (nSPS) is 18.8. The van der Waals surface area contributed by atoms with Crippen molar-refractivity contribution in [3.05, 3.63) is 0 Å². The van der Waals surface area contributed by atoms with E-state index < -0.39 is 0 Å². The smallest absolute Gasteiger partial charge is 0.0644 e. The zero-order valence-corrected chi connectivity index (χ0v) is 11.2. The fourth-order valence-electron chi connectivity index (χ4n) is 1.75. The molecule has 0 amide bonds. The molecule has 96 valence electrons. The number of hydrogen-bond donors (Lipinski definition) is 1. The van der Waals surface area contributed by atoms with Crippen molar-refractivity contribution in [1.29, 1.82) is 0 Å². The number of likely N-dealkylation sites (N-methyl/N-ethyl adjacent to an activating group) is 1. The molecule has 0 aromatic heterocycles. The first-order chi connectivity index (χ1) is 7.59.